The lowest BCUT2D eigenvalue weighted by Crippen LogP contribution is -2.24. The summed E-state index contributed by atoms with van der Waals surface area (Å²) in [6, 6.07) is 0.0613. The van der Waals surface area contributed by atoms with Crippen LogP contribution in [-0.4, -0.2) is 28.9 Å². The number of amides is 2. The van der Waals surface area contributed by atoms with Gasteiger partial charge in [-0.1, -0.05) is 12.2 Å². The Morgan fingerprint density at radius 3 is 1.83 bits per heavy atom. The fourth-order valence-electron chi connectivity index (χ4n) is 1.21. The molecule has 2 amide bonds. The second-order valence-electron chi connectivity index (χ2n) is 2.63. The molecule has 3 nitrogen and oxygen atoms in total. The number of urea groups is 1. The molecule has 0 aliphatic carbocycles. The summed E-state index contributed by atoms with van der Waals surface area (Å²) < 4.78 is 0. The molecule has 1 fully saturated rings. The predicted molar refractivity (Wildman–Crippen MR) is 48.4 cm³/mol. The molecule has 0 spiro atoms. The van der Waals surface area contributed by atoms with Crippen LogP contribution in [0.15, 0.2) is 24.6 Å². The van der Waals surface area contributed by atoms with E-state index in [1.165, 1.54) is 0 Å². The van der Waals surface area contributed by atoms with Gasteiger partial charge < -0.3 is 0 Å². The largest absolute Gasteiger partial charge is 0.328 e. The minimum atomic E-state index is 0.0613. The average molecular weight is 166 g/mol. The van der Waals surface area contributed by atoms with E-state index >= 15 is 0 Å². The molecule has 0 aromatic heterocycles. The Bertz CT molecular complexity index is 199. The Balaban J connectivity index is 2.61. The lowest BCUT2D eigenvalue weighted by Gasteiger charge is -2.10. The number of carbonyl (C=O) groups is 1. The molecule has 0 radical (unpaired) electrons. The van der Waals surface area contributed by atoms with Crippen LogP contribution < -0.4 is 0 Å². The first kappa shape index (κ1) is 8.84. The van der Waals surface area contributed by atoms with Crippen LogP contribution in [0.25, 0.3) is 0 Å². The Morgan fingerprint density at radius 2 is 1.50 bits per heavy atom. The van der Waals surface area contributed by atoms with Gasteiger partial charge in [-0.3, -0.25) is 9.80 Å². The summed E-state index contributed by atoms with van der Waals surface area (Å²) in [6.45, 7) is 5.39. The zero-order chi connectivity index (χ0) is 8.97. The van der Waals surface area contributed by atoms with Gasteiger partial charge in [0.05, 0.1) is 0 Å². The first-order valence-corrected chi connectivity index (χ1v) is 4.12. The zero-order valence-corrected chi connectivity index (χ0v) is 7.53. The maximum atomic E-state index is 11.4. The molecule has 1 heterocycles. The summed E-state index contributed by atoms with van der Waals surface area (Å²) in [5, 5.41) is 0. The summed E-state index contributed by atoms with van der Waals surface area (Å²) >= 11 is 0. The van der Waals surface area contributed by atoms with Gasteiger partial charge in [-0.25, -0.2) is 4.79 Å². The van der Waals surface area contributed by atoms with Crippen molar-refractivity contribution < 1.29 is 4.79 Å². The van der Waals surface area contributed by atoms with Crippen molar-refractivity contribution in [2.75, 3.05) is 13.1 Å². The summed E-state index contributed by atoms with van der Waals surface area (Å²) in [5.41, 5.74) is 0. The van der Waals surface area contributed by atoms with Crippen LogP contribution in [0.4, 0.5) is 4.79 Å². The van der Waals surface area contributed by atoms with Gasteiger partial charge in [0, 0.05) is 25.5 Å². The summed E-state index contributed by atoms with van der Waals surface area (Å²) in [5.74, 6) is 0. The average Bonchev–Trinajstić information content (AvgIpc) is 2.38. The molecule has 0 bridgehead atoms. The number of rotatable bonds is 2. The van der Waals surface area contributed by atoms with Gasteiger partial charge >= 0.3 is 6.03 Å². The highest BCUT2D eigenvalue weighted by atomic mass is 16.2. The summed E-state index contributed by atoms with van der Waals surface area (Å²) in [7, 11) is 0. The van der Waals surface area contributed by atoms with Crippen LogP contribution in [0, 0.1) is 0 Å². The van der Waals surface area contributed by atoms with Gasteiger partial charge in [0.1, 0.15) is 0 Å². The van der Waals surface area contributed by atoms with Crippen LogP contribution >= 0.6 is 0 Å². The molecular weight excluding hydrogens is 152 g/mol. The highest BCUT2D eigenvalue weighted by Crippen LogP contribution is 2.08. The lowest BCUT2D eigenvalue weighted by molar-refractivity contribution is 0.213. The Kier molecular flexibility index (Phi) is 2.91. The molecule has 66 valence electrons. The SMILES string of the molecule is C/C=C\N1CCN(/C=C\C)C1=O. The van der Waals surface area contributed by atoms with Crippen LogP contribution in [0.2, 0.25) is 0 Å². The Labute approximate surface area is 73.0 Å². The fraction of sp³-hybridized carbons (Fsp3) is 0.444. The first-order chi connectivity index (χ1) is 5.79. The van der Waals surface area contributed by atoms with Crippen LogP contribution in [0.5, 0.6) is 0 Å². The molecule has 1 saturated heterocycles. The number of carbonyl (C=O) groups excluding carboxylic acids is 1. The highest BCUT2D eigenvalue weighted by Gasteiger charge is 2.24. The van der Waals surface area contributed by atoms with Crippen LogP contribution in [0.3, 0.4) is 0 Å². The molecule has 1 aliphatic heterocycles. The van der Waals surface area contributed by atoms with Crippen molar-refractivity contribution in [3.8, 4) is 0 Å². The van der Waals surface area contributed by atoms with Gasteiger partial charge in [0.2, 0.25) is 0 Å². The van der Waals surface area contributed by atoms with Gasteiger partial charge in [-0.15, -0.1) is 0 Å². The second kappa shape index (κ2) is 3.95. The molecule has 0 saturated carbocycles. The molecule has 0 aromatic rings. The second-order valence-corrected chi connectivity index (χ2v) is 2.63. The quantitative estimate of drug-likeness (QED) is 0.613. The molecular formula is C9H14N2O. The summed E-state index contributed by atoms with van der Waals surface area (Å²) in [6.07, 6.45) is 7.37. The topological polar surface area (TPSA) is 23.6 Å². The van der Waals surface area contributed by atoms with E-state index in [2.05, 4.69) is 0 Å². The molecule has 1 aliphatic rings. The van der Waals surface area contributed by atoms with E-state index in [9.17, 15) is 4.79 Å². The lowest BCUT2D eigenvalue weighted by atomic mass is 10.6. The molecule has 0 N–H and O–H groups in total. The summed E-state index contributed by atoms with van der Waals surface area (Å²) in [4.78, 5) is 14.9. The van der Waals surface area contributed by atoms with Crippen molar-refractivity contribution in [2.24, 2.45) is 0 Å². The van der Waals surface area contributed by atoms with Crippen molar-refractivity contribution in [1.29, 1.82) is 0 Å². The molecule has 0 aromatic carbocycles. The highest BCUT2D eigenvalue weighted by molar-refractivity contribution is 5.78. The van der Waals surface area contributed by atoms with Crippen molar-refractivity contribution in [3.05, 3.63) is 24.6 Å². The van der Waals surface area contributed by atoms with E-state index in [-0.39, 0.29) is 6.03 Å². The van der Waals surface area contributed by atoms with Crippen LogP contribution in [-0.2, 0) is 0 Å². The smallest absolute Gasteiger partial charge is 0.299 e. The van der Waals surface area contributed by atoms with Gasteiger partial charge in [-0.2, -0.15) is 0 Å². The van der Waals surface area contributed by atoms with E-state index in [1.807, 2.05) is 38.4 Å². The van der Waals surface area contributed by atoms with Gasteiger partial charge in [0.25, 0.3) is 0 Å². The van der Waals surface area contributed by atoms with Crippen molar-refractivity contribution in [1.82, 2.24) is 9.80 Å². The molecule has 0 unspecified atom stereocenters. The molecule has 12 heavy (non-hydrogen) atoms. The molecule has 3 heteroatoms. The van der Waals surface area contributed by atoms with Gasteiger partial charge in [-0.05, 0) is 13.8 Å². The third-order valence-electron chi connectivity index (χ3n) is 1.73. The Hall–Kier alpha value is -1.25. The minimum absolute atomic E-state index is 0.0613. The zero-order valence-electron chi connectivity index (χ0n) is 7.53. The van der Waals surface area contributed by atoms with Crippen LogP contribution in [0.1, 0.15) is 13.8 Å². The van der Waals surface area contributed by atoms with Crippen molar-refractivity contribution in [2.45, 2.75) is 13.8 Å². The van der Waals surface area contributed by atoms with E-state index in [0.29, 0.717) is 0 Å². The Morgan fingerprint density at radius 1 is 1.08 bits per heavy atom. The monoisotopic (exact) mass is 166 g/mol. The fourth-order valence-corrected chi connectivity index (χ4v) is 1.21. The standard InChI is InChI=1S/C9H14N2O/c1-3-5-10-7-8-11(6-4-2)9(10)12/h3-6H,7-8H2,1-2H3/b5-3-,6-4-. The maximum absolute atomic E-state index is 11.4. The molecule has 1 rings (SSSR count). The van der Waals surface area contributed by atoms with E-state index < -0.39 is 0 Å². The maximum Gasteiger partial charge on any atom is 0.328 e. The molecule has 0 atom stereocenters. The third kappa shape index (κ3) is 1.67. The first-order valence-electron chi connectivity index (χ1n) is 4.12. The van der Waals surface area contributed by atoms with Crippen molar-refractivity contribution >= 4 is 6.03 Å². The number of hydrogen-bond donors (Lipinski definition) is 0. The number of nitrogens with zero attached hydrogens (tertiary/aromatic N) is 2. The third-order valence-corrected chi connectivity index (χ3v) is 1.73. The van der Waals surface area contributed by atoms with E-state index in [4.69, 9.17) is 0 Å². The van der Waals surface area contributed by atoms with Gasteiger partial charge in [0.15, 0.2) is 0 Å². The number of allylic oxidation sites excluding steroid dienone is 2. The van der Waals surface area contributed by atoms with E-state index in [1.54, 1.807) is 9.80 Å². The van der Waals surface area contributed by atoms with E-state index in [0.717, 1.165) is 13.1 Å². The number of hydrogen-bond acceptors (Lipinski definition) is 1. The normalized spacial score (nSPS) is 19.0. The predicted octanol–water partition coefficient (Wildman–Crippen LogP) is 1.79. The minimum Gasteiger partial charge on any atom is -0.299 e. The van der Waals surface area contributed by atoms with Crippen molar-refractivity contribution in [3.63, 3.8) is 0 Å².